The van der Waals surface area contributed by atoms with Crippen LogP contribution in [0.2, 0.25) is 0 Å². The number of para-hydroxylation sites is 1. The minimum atomic E-state index is -0.185. The van der Waals surface area contributed by atoms with Crippen molar-refractivity contribution in [3.05, 3.63) is 59.9 Å². The van der Waals surface area contributed by atoms with E-state index in [1.807, 2.05) is 30.3 Å². The number of hydrogen-bond donors (Lipinski definition) is 0. The van der Waals surface area contributed by atoms with E-state index in [9.17, 15) is 10.1 Å². The number of nitrogens with zero attached hydrogens (tertiary/aromatic N) is 3. The standard InChI is InChI=1S/C20H21N3O2/c1-20(2)17(11-18(20)25-15-7-5-4-6-8-15)23(3)19(24)16-13-22-10-9-14(16)12-21/h4-10,13,17-18H,11H2,1-3H3. The quantitative estimate of drug-likeness (QED) is 0.860. The Morgan fingerprint density at radius 3 is 2.68 bits per heavy atom. The van der Waals surface area contributed by atoms with Gasteiger partial charge < -0.3 is 9.64 Å². The SMILES string of the molecule is CN(C(=O)c1cnccc1C#N)C1CC(Oc2ccccc2)C1(C)C. The van der Waals surface area contributed by atoms with Gasteiger partial charge in [-0.1, -0.05) is 32.0 Å². The number of pyridine rings is 1. The van der Waals surface area contributed by atoms with Gasteiger partial charge in [-0.2, -0.15) is 5.26 Å². The van der Waals surface area contributed by atoms with Crippen LogP contribution in [0.4, 0.5) is 0 Å². The van der Waals surface area contributed by atoms with E-state index in [-0.39, 0.29) is 23.5 Å². The smallest absolute Gasteiger partial charge is 0.256 e. The molecule has 1 aliphatic rings. The van der Waals surface area contributed by atoms with Gasteiger partial charge >= 0.3 is 0 Å². The van der Waals surface area contributed by atoms with Crippen molar-refractivity contribution in [2.24, 2.45) is 5.41 Å². The van der Waals surface area contributed by atoms with Crippen LogP contribution in [0.1, 0.15) is 36.2 Å². The lowest BCUT2D eigenvalue weighted by atomic mass is 9.63. The van der Waals surface area contributed by atoms with Crippen molar-refractivity contribution in [2.45, 2.75) is 32.4 Å². The van der Waals surface area contributed by atoms with Crippen molar-refractivity contribution in [3.63, 3.8) is 0 Å². The van der Waals surface area contributed by atoms with E-state index < -0.39 is 0 Å². The summed E-state index contributed by atoms with van der Waals surface area (Å²) in [6.07, 6.45) is 3.78. The summed E-state index contributed by atoms with van der Waals surface area (Å²) >= 11 is 0. The van der Waals surface area contributed by atoms with Crippen LogP contribution in [0.3, 0.4) is 0 Å². The van der Waals surface area contributed by atoms with E-state index >= 15 is 0 Å². The second kappa shape index (κ2) is 6.56. The molecule has 1 heterocycles. The molecular formula is C20H21N3O2. The highest BCUT2D eigenvalue weighted by Gasteiger charge is 2.53. The van der Waals surface area contributed by atoms with Gasteiger partial charge in [0, 0.05) is 37.3 Å². The highest BCUT2D eigenvalue weighted by atomic mass is 16.5. The molecule has 25 heavy (non-hydrogen) atoms. The average Bonchev–Trinajstić information content (AvgIpc) is 2.64. The first kappa shape index (κ1) is 17.0. The fourth-order valence-corrected chi connectivity index (χ4v) is 3.38. The second-order valence-corrected chi connectivity index (χ2v) is 6.94. The topological polar surface area (TPSA) is 66.2 Å². The number of ether oxygens (including phenoxy) is 1. The maximum absolute atomic E-state index is 12.8. The minimum absolute atomic E-state index is 0.0412. The lowest BCUT2D eigenvalue weighted by Crippen LogP contribution is -2.63. The third-order valence-corrected chi connectivity index (χ3v) is 5.11. The fourth-order valence-electron chi connectivity index (χ4n) is 3.38. The number of amides is 1. The molecule has 0 spiro atoms. The van der Waals surface area contributed by atoms with Crippen LogP contribution in [0.15, 0.2) is 48.8 Å². The molecule has 0 N–H and O–H groups in total. The van der Waals surface area contributed by atoms with Crippen LogP contribution >= 0.6 is 0 Å². The van der Waals surface area contributed by atoms with Crippen molar-refractivity contribution in [1.29, 1.82) is 5.26 Å². The zero-order valence-corrected chi connectivity index (χ0v) is 14.6. The molecule has 1 saturated carbocycles. The summed E-state index contributed by atoms with van der Waals surface area (Å²) in [5.41, 5.74) is 0.506. The molecule has 1 aromatic carbocycles. The first-order valence-electron chi connectivity index (χ1n) is 8.28. The molecule has 1 fully saturated rings. The Labute approximate surface area is 147 Å². The molecule has 1 amide bonds. The molecule has 1 aliphatic carbocycles. The van der Waals surface area contributed by atoms with Gasteiger partial charge in [-0.25, -0.2) is 0 Å². The van der Waals surface area contributed by atoms with Crippen LogP contribution in [0, 0.1) is 16.7 Å². The second-order valence-electron chi connectivity index (χ2n) is 6.94. The zero-order chi connectivity index (χ0) is 18.0. The molecule has 2 atom stereocenters. The summed E-state index contributed by atoms with van der Waals surface area (Å²) in [6, 6.07) is 13.4. The van der Waals surface area contributed by atoms with Crippen molar-refractivity contribution in [1.82, 2.24) is 9.88 Å². The molecule has 2 unspecified atom stereocenters. The molecule has 0 aliphatic heterocycles. The first-order chi connectivity index (χ1) is 11.9. The van der Waals surface area contributed by atoms with Gasteiger partial charge in [0.15, 0.2) is 0 Å². The van der Waals surface area contributed by atoms with Crippen LogP contribution < -0.4 is 4.74 Å². The number of carbonyl (C=O) groups excluding carboxylic acids is 1. The Kier molecular flexibility index (Phi) is 4.45. The maximum Gasteiger partial charge on any atom is 0.256 e. The van der Waals surface area contributed by atoms with E-state index in [2.05, 4.69) is 24.9 Å². The highest BCUT2D eigenvalue weighted by Crippen LogP contribution is 2.46. The number of benzene rings is 1. The third kappa shape index (κ3) is 3.08. The van der Waals surface area contributed by atoms with Gasteiger partial charge in [-0.05, 0) is 18.2 Å². The van der Waals surface area contributed by atoms with Gasteiger partial charge in [0.1, 0.15) is 17.9 Å². The fraction of sp³-hybridized carbons (Fsp3) is 0.350. The van der Waals surface area contributed by atoms with Gasteiger partial charge in [-0.15, -0.1) is 0 Å². The summed E-state index contributed by atoms with van der Waals surface area (Å²) in [6.45, 7) is 4.21. The molecule has 128 valence electrons. The molecule has 5 heteroatoms. The minimum Gasteiger partial charge on any atom is -0.490 e. The Morgan fingerprint density at radius 1 is 1.32 bits per heavy atom. The van der Waals surface area contributed by atoms with Crippen LogP contribution in [-0.2, 0) is 0 Å². The van der Waals surface area contributed by atoms with E-state index in [0.717, 1.165) is 12.2 Å². The maximum atomic E-state index is 12.8. The van der Waals surface area contributed by atoms with E-state index in [1.54, 1.807) is 18.0 Å². The number of hydrogen-bond acceptors (Lipinski definition) is 4. The molecule has 3 rings (SSSR count). The monoisotopic (exact) mass is 335 g/mol. The molecule has 5 nitrogen and oxygen atoms in total. The predicted octanol–water partition coefficient (Wildman–Crippen LogP) is 3.27. The lowest BCUT2D eigenvalue weighted by Gasteiger charge is -2.54. The van der Waals surface area contributed by atoms with Crippen LogP contribution in [-0.4, -0.2) is 35.0 Å². The Bertz CT molecular complexity index is 811. The summed E-state index contributed by atoms with van der Waals surface area (Å²) in [5, 5.41) is 9.20. The van der Waals surface area contributed by atoms with Crippen LogP contribution in [0.25, 0.3) is 0 Å². The van der Waals surface area contributed by atoms with E-state index in [0.29, 0.717) is 11.1 Å². The normalized spacial score (nSPS) is 20.9. The number of carbonyl (C=O) groups is 1. The van der Waals surface area contributed by atoms with Crippen molar-refractivity contribution < 1.29 is 9.53 Å². The predicted molar refractivity (Wildman–Crippen MR) is 94.1 cm³/mol. The molecule has 2 aromatic rings. The lowest BCUT2D eigenvalue weighted by molar-refractivity contribution is -0.0886. The summed E-state index contributed by atoms with van der Waals surface area (Å²) in [7, 11) is 1.78. The number of nitriles is 1. The molecule has 0 saturated heterocycles. The van der Waals surface area contributed by atoms with Gasteiger partial charge in [0.25, 0.3) is 5.91 Å². The largest absolute Gasteiger partial charge is 0.490 e. The van der Waals surface area contributed by atoms with Crippen molar-refractivity contribution in [2.75, 3.05) is 7.05 Å². The zero-order valence-electron chi connectivity index (χ0n) is 14.6. The summed E-state index contributed by atoms with van der Waals surface area (Å²) < 4.78 is 6.07. The Hall–Kier alpha value is -2.87. The van der Waals surface area contributed by atoms with Crippen molar-refractivity contribution in [3.8, 4) is 11.8 Å². The number of rotatable bonds is 4. The Morgan fingerprint density at radius 2 is 2.04 bits per heavy atom. The first-order valence-corrected chi connectivity index (χ1v) is 8.28. The van der Waals surface area contributed by atoms with E-state index in [1.165, 1.54) is 12.4 Å². The molecular weight excluding hydrogens is 314 g/mol. The average molecular weight is 335 g/mol. The Balaban J connectivity index is 1.73. The van der Waals surface area contributed by atoms with Gasteiger partial charge in [0.2, 0.25) is 0 Å². The highest BCUT2D eigenvalue weighted by molar-refractivity contribution is 5.96. The third-order valence-electron chi connectivity index (χ3n) is 5.11. The van der Waals surface area contributed by atoms with Crippen LogP contribution in [0.5, 0.6) is 5.75 Å². The van der Waals surface area contributed by atoms with Crippen molar-refractivity contribution >= 4 is 5.91 Å². The number of aromatic nitrogens is 1. The molecule has 1 aromatic heterocycles. The molecule has 0 radical (unpaired) electrons. The molecule has 0 bridgehead atoms. The summed E-state index contributed by atoms with van der Waals surface area (Å²) in [5.74, 6) is 0.660. The summed E-state index contributed by atoms with van der Waals surface area (Å²) in [4.78, 5) is 18.5. The van der Waals surface area contributed by atoms with E-state index in [4.69, 9.17) is 4.74 Å². The van der Waals surface area contributed by atoms with Gasteiger partial charge in [-0.3, -0.25) is 9.78 Å². The van der Waals surface area contributed by atoms with Gasteiger partial charge in [0.05, 0.1) is 11.1 Å².